The van der Waals surface area contributed by atoms with Gasteiger partial charge in [0.05, 0.1) is 6.61 Å². The summed E-state index contributed by atoms with van der Waals surface area (Å²) in [6.45, 7) is 2.68. The van der Waals surface area contributed by atoms with E-state index in [4.69, 9.17) is 4.74 Å². The van der Waals surface area contributed by atoms with Crippen LogP contribution in [-0.4, -0.2) is 11.6 Å². The maximum Gasteiger partial charge on any atom is 0.213 e. The second kappa shape index (κ2) is 3.77. The lowest BCUT2D eigenvalue weighted by molar-refractivity contribution is 0.324. The summed E-state index contributed by atoms with van der Waals surface area (Å²) in [5.41, 5.74) is 1.39. The van der Waals surface area contributed by atoms with Crippen LogP contribution in [0.1, 0.15) is 37.7 Å². The maximum atomic E-state index is 5.35. The molecule has 2 heteroatoms. The molecule has 0 unspecified atom stereocenters. The molecule has 0 atom stereocenters. The van der Waals surface area contributed by atoms with Crippen LogP contribution in [-0.2, 0) is 0 Å². The van der Waals surface area contributed by atoms with E-state index >= 15 is 0 Å². The molecule has 0 bridgehead atoms. The third-order valence-corrected chi connectivity index (χ3v) is 2.63. The van der Waals surface area contributed by atoms with Crippen LogP contribution in [0.2, 0.25) is 0 Å². The number of nitrogens with zero attached hydrogens (tertiary/aromatic N) is 1. The van der Waals surface area contributed by atoms with Crippen LogP contribution in [0.15, 0.2) is 18.3 Å². The summed E-state index contributed by atoms with van der Waals surface area (Å²) in [5, 5.41) is 0. The average Bonchev–Trinajstić information content (AvgIpc) is 2.02. The fourth-order valence-electron chi connectivity index (χ4n) is 1.65. The fraction of sp³-hybridized carbons (Fsp3) is 0.545. The van der Waals surface area contributed by atoms with Gasteiger partial charge in [0.15, 0.2) is 0 Å². The summed E-state index contributed by atoms with van der Waals surface area (Å²) < 4.78 is 5.35. The lowest BCUT2D eigenvalue weighted by Gasteiger charge is -2.25. The van der Waals surface area contributed by atoms with Crippen LogP contribution >= 0.6 is 0 Å². The lowest BCUT2D eigenvalue weighted by atomic mass is 9.80. The predicted molar refractivity (Wildman–Crippen MR) is 52.0 cm³/mol. The molecule has 1 aromatic heterocycles. The van der Waals surface area contributed by atoms with Gasteiger partial charge in [-0.3, -0.25) is 0 Å². The van der Waals surface area contributed by atoms with E-state index < -0.39 is 0 Å². The summed E-state index contributed by atoms with van der Waals surface area (Å²) in [6.07, 6.45) is 5.88. The number of rotatable bonds is 3. The van der Waals surface area contributed by atoms with Crippen molar-refractivity contribution in [1.29, 1.82) is 0 Å². The van der Waals surface area contributed by atoms with Crippen molar-refractivity contribution in [3.05, 3.63) is 23.9 Å². The maximum absolute atomic E-state index is 5.35. The molecule has 0 aromatic carbocycles. The smallest absolute Gasteiger partial charge is 0.213 e. The third-order valence-electron chi connectivity index (χ3n) is 2.63. The number of hydrogen-bond acceptors (Lipinski definition) is 2. The third kappa shape index (κ3) is 1.82. The van der Waals surface area contributed by atoms with Crippen molar-refractivity contribution in [2.75, 3.05) is 6.61 Å². The van der Waals surface area contributed by atoms with Gasteiger partial charge in [-0.2, -0.15) is 0 Å². The topological polar surface area (TPSA) is 22.1 Å². The highest BCUT2D eigenvalue weighted by Crippen LogP contribution is 2.36. The summed E-state index contributed by atoms with van der Waals surface area (Å²) >= 11 is 0. The zero-order valence-corrected chi connectivity index (χ0v) is 7.99. The van der Waals surface area contributed by atoms with E-state index in [2.05, 4.69) is 17.1 Å². The summed E-state index contributed by atoms with van der Waals surface area (Å²) in [7, 11) is 0. The van der Waals surface area contributed by atoms with E-state index in [1.807, 2.05) is 13.1 Å². The normalized spacial score (nSPS) is 16.7. The molecule has 1 saturated carbocycles. The highest BCUT2D eigenvalue weighted by Gasteiger charge is 2.19. The zero-order valence-electron chi connectivity index (χ0n) is 7.99. The highest BCUT2D eigenvalue weighted by atomic mass is 16.5. The lowest BCUT2D eigenvalue weighted by Crippen LogP contribution is -2.09. The van der Waals surface area contributed by atoms with Crippen LogP contribution < -0.4 is 4.74 Å². The monoisotopic (exact) mass is 177 g/mol. The van der Waals surface area contributed by atoms with Crippen molar-refractivity contribution < 1.29 is 4.74 Å². The molecule has 70 valence electrons. The standard InChI is InChI=1S/C11H15NO/c1-2-13-11-8-10(6-7-12-11)9-4-3-5-9/h6-9H,2-5H2,1H3. The Bertz CT molecular complexity index is 281. The van der Waals surface area contributed by atoms with Crippen molar-refractivity contribution >= 4 is 0 Å². The second-order valence-corrected chi connectivity index (χ2v) is 3.49. The fourth-order valence-corrected chi connectivity index (χ4v) is 1.65. The van der Waals surface area contributed by atoms with Gasteiger partial charge >= 0.3 is 0 Å². The van der Waals surface area contributed by atoms with Gasteiger partial charge in [0.2, 0.25) is 5.88 Å². The van der Waals surface area contributed by atoms with Crippen molar-refractivity contribution in [3.63, 3.8) is 0 Å². The Morgan fingerprint density at radius 1 is 1.54 bits per heavy atom. The van der Waals surface area contributed by atoms with E-state index in [-0.39, 0.29) is 0 Å². The number of aromatic nitrogens is 1. The largest absolute Gasteiger partial charge is 0.478 e. The van der Waals surface area contributed by atoms with Gasteiger partial charge in [-0.1, -0.05) is 6.42 Å². The molecule has 0 radical (unpaired) electrons. The first-order valence-electron chi connectivity index (χ1n) is 4.99. The SMILES string of the molecule is CCOc1cc(C2CCC2)ccn1. The molecule has 2 rings (SSSR count). The van der Waals surface area contributed by atoms with Crippen LogP contribution in [0, 0.1) is 0 Å². The van der Waals surface area contributed by atoms with E-state index in [1.165, 1.54) is 24.8 Å². The van der Waals surface area contributed by atoms with Gasteiger partial charge in [-0.05, 0) is 37.3 Å². The van der Waals surface area contributed by atoms with E-state index in [0.717, 1.165) is 11.8 Å². The Kier molecular flexibility index (Phi) is 2.48. The molecule has 1 aliphatic rings. The molecule has 1 aromatic rings. The molecule has 0 saturated heterocycles. The molecular formula is C11H15NO. The first-order chi connectivity index (χ1) is 6.40. The Balaban J connectivity index is 2.11. The number of ether oxygens (including phenoxy) is 1. The van der Waals surface area contributed by atoms with E-state index in [9.17, 15) is 0 Å². The quantitative estimate of drug-likeness (QED) is 0.708. The van der Waals surface area contributed by atoms with Crippen molar-refractivity contribution in [2.45, 2.75) is 32.1 Å². The molecule has 0 aliphatic heterocycles. The molecule has 1 aliphatic carbocycles. The minimum Gasteiger partial charge on any atom is -0.478 e. The minimum absolute atomic E-state index is 0.696. The van der Waals surface area contributed by atoms with Gasteiger partial charge in [0.1, 0.15) is 0 Å². The summed E-state index contributed by atoms with van der Waals surface area (Å²) in [5.74, 6) is 1.54. The van der Waals surface area contributed by atoms with Crippen LogP contribution in [0.4, 0.5) is 0 Å². The van der Waals surface area contributed by atoms with Crippen molar-refractivity contribution in [2.24, 2.45) is 0 Å². The number of pyridine rings is 1. The summed E-state index contributed by atoms with van der Waals surface area (Å²) in [4.78, 5) is 4.15. The van der Waals surface area contributed by atoms with Gasteiger partial charge in [-0.15, -0.1) is 0 Å². The van der Waals surface area contributed by atoms with Crippen LogP contribution in [0.5, 0.6) is 5.88 Å². The van der Waals surface area contributed by atoms with Gasteiger partial charge in [0.25, 0.3) is 0 Å². The first-order valence-corrected chi connectivity index (χ1v) is 4.99. The van der Waals surface area contributed by atoms with Crippen LogP contribution in [0.25, 0.3) is 0 Å². The Morgan fingerprint density at radius 2 is 2.38 bits per heavy atom. The Labute approximate surface area is 78.9 Å². The Hall–Kier alpha value is -1.05. The van der Waals surface area contributed by atoms with E-state index in [1.54, 1.807) is 0 Å². The average molecular weight is 177 g/mol. The molecule has 2 nitrogen and oxygen atoms in total. The molecule has 1 heterocycles. The van der Waals surface area contributed by atoms with Gasteiger partial charge in [-0.25, -0.2) is 4.98 Å². The van der Waals surface area contributed by atoms with Crippen molar-refractivity contribution in [1.82, 2.24) is 4.98 Å². The molecule has 13 heavy (non-hydrogen) atoms. The van der Waals surface area contributed by atoms with Crippen molar-refractivity contribution in [3.8, 4) is 5.88 Å². The Morgan fingerprint density at radius 3 is 3.00 bits per heavy atom. The molecular weight excluding hydrogens is 162 g/mol. The zero-order chi connectivity index (χ0) is 9.10. The van der Waals surface area contributed by atoms with Gasteiger partial charge < -0.3 is 4.74 Å². The molecule has 0 spiro atoms. The number of hydrogen-bond donors (Lipinski definition) is 0. The van der Waals surface area contributed by atoms with Crippen LogP contribution in [0.3, 0.4) is 0 Å². The molecule has 1 fully saturated rings. The summed E-state index contributed by atoms with van der Waals surface area (Å²) in [6, 6.07) is 4.18. The second-order valence-electron chi connectivity index (χ2n) is 3.49. The van der Waals surface area contributed by atoms with E-state index in [0.29, 0.717) is 6.61 Å². The first kappa shape index (κ1) is 8.54. The highest BCUT2D eigenvalue weighted by molar-refractivity contribution is 5.25. The molecule has 0 amide bonds. The predicted octanol–water partition coefficient (Wildman–Crippen LogP) is 2.75. The minimum atomic E-state index is 0.696. The van der Waals surface area contributed by atoms with Gasteiger partial charge in [0, 0.05) is 12.3 Å². The molecule has 0 N–H and O–H groups in total.